The zero-order valence-corrected chi connectivity index (χ0v) is 17.0. The monoisotopic (exact) mass is 427 g/mol. The molecule has 0 saturated carbocycles. The third-order valence-electron chi connectivity index (χ3n) is 5.41. The molecule has 7 nitrogen and oxygen atoms in total. The Morgan fingerprint density at radius 3 is 2.77 bits per heavy atom. The molecule has 0 spiro atoms. The maximum Gasteiger partial charge on any atom is 0.313 e. The molecule has 2 aromatic rings. The van der Waals surface area contributed by atoms with Crippen molar-refractivity contribution in [2.45, 2.75) is 31.8 Å². The van der Waals surface area contributed by atoms with Gasteiger partial charge < -0.3 is 20.6 Å². The van der Waals surface area contributed by atoms with E-state index in [4.69, 9.17) is 11.6 Å². The number of hydrogen-bond donors (Lipinski definition) is 3. The first-order chi connectivity index (χ1) is 14.4. The lowest BCUT2D eigenvalue weighted by atomic mass is 9.99. The molecule has 4 rings (SSSR count). The average Bonchev–Trinajstić information content (AvgIpc) is 3.04. The van der Waals surface area contributed by atoms with Crippen LogP contribution in [0.5, 0.6) is 0 Å². The van der Waals surface area contributed by atoms with E-state index in [0.29, 0.717) is 22.7 Å². The van der Waals surface area contributed by atoms with Crippen molar-refractivity contribution in [3.05, 3.63) is 58.1 Å². The molecule has 156 valence electrons. The van der Waals surface area contributed by atoms with Crippen LogP contribution in [0.1, 0.15) is 35.6 Å². The molecule has 0 fully saturated rings. The summed E-state index contributed by atoms with van der Waals surface area (Å²) in [4.78, 5) is 38.3. The molecular weight excluding hydrogens is 406 g/mol. The summed E-state index contributed by atoms with van der Waals surface area (Å²) in [6.07, 6.45) is 1.49. The number of halogens is 1. The van der Waals surface area contributed by atoms with Gasteiger partial charge in [-0.1, -0.05) is 23.7 Å². The third-order valence-corrected chi connectivity index (χ3v) is 5.64. The highest BCUT2D eigenvalue weighted by Gasteiger charge is 2.32. The lowest BCUT2D eigenvalue weighted by Gasteiger charge is -2.26. The van der Waals surface area contributed by atoms with Crippen molar-refractivity contribution in [2.75, 3.05) is 23.3 Å². The van der Waals surface area contributed by atoms with Gasteiger partial charge in [-0.3, -0.25) is 14.4 Å². The molecule has 2 aromatic carbocycles. The zero-order chi connectivity index (χ0) is 21.3. The van der Waals surface area contributed by atoms with E-state index in [0.717, 1.165) is 36.2 Å². The van der Waals surface area contributed by atoms with Crippen molar-refractivity contribution >= 4 is 40.7 Å². The standard InChI is InChI=1S/C22H22ClN3O4/c23-16-5-1-3-13(9-16)18(27)6-7-24-21(29)22(30)25-17-10-14-4-2-8-26-19(28)12-15(11-17)20(14)26/h1,3,5,9-11,18,27H,2,4,6-8,12H2,(H,24,29)(H,25,30)/t18-/m1/s1. The molecule has 2 aliphatic heterocycles. The number of nitrogens with zero attached hydrogens (tertiary/aromatic N) is 1. The minimum absolute atomic E-state index is 0.0745. The Bertz CT molecular complexity index is 1020. The van der Waals surface area contributed by atoms with Crippen LogP contribution >= 0.6 is 11.6 Å². The van der Waals surface area contributed by atoms with E-state index in [9.17, 15) is 19.5 Å². The summed E-state index contributed by atoms with van der Waals surface area (Å²) in [7, 11) is 0. The molecule has 0 aliphatic carbocycles. The second kappa shape index (κ2) is 8.45. The number of benzene rings is 2. The van der Waals surface area contributed by atoms with Gasteiger partial charge in [0, 0.05) is 23.8 Å². The number of carbonyl (C=O) groups excluding carboxylic acids is 3. The number of carbonyl (C=O) groups is 3. The highest BCUT2D eigenvalue weighted by molar-refractivity contribution is 6.39. The van der Waals surface area contributed by atoms with Gasteiger partial charge in [0.1, 0.15) is 0 Å². The van der Waals surface area contributed by atoms with Crippen molar-refractivity contribution in [2.24, 2.45) is 0 Å². The van der Waals surface area contributed by atoms with E-state index in [1.54, 1.807) is 35.2 Å². The number of aryl methyl sites for hydroxylation is 1. The van der Waals surface area contributed by atoms with E-state index in [1.807, 2.05) is 6.07 Å². The molecule has 3 N–H and O–H groups in total. The Hall–Kier alpha value is -2.90. The van der Waals surface area contributed by atoms with Crippen molar-refractivity contribution in [3.63, 3.8) is 0 Å². The van der Waals surface area contributed by atoms with Gasteiger partial charge in [0.25, 0.3) is 0 Å². The number of nitrogens with one attached hydrogen (secondary N) is 2. The predicted molar refractivity (Wildman–Crippen MR) is 113 cm³/mol. The van der Waals surface area contributed by atoms with Crippen LogP contribution in [0.15, 0.2) is 36.4 Å². The van der Waals surface area contributed by atoms with Gasteiger partial charge in [-0.15, -0.1) is 0 Å². The second-order valence-corrected chi connectivity index (χ2v) is 7.97. The minimum Gasteiger partial charge on any atom is -0.388 e. The Morgan fingerprint density at radius 2 is 1.97 bits per heavy atom. The Kier molecular flexibility index (Phi) is 5.74. The minimum atomic E-state index is -0.794. The third kappa shape index (κ3) is 4.17. The first kappa shape index (κ1) is 20.4. The van der Waals surface area contributed by atoms with Crippen molar-refractivity contribution in [1.29, 1.82) is 0 Å². The van der Waals surface area contributed by atoms with Gasteiger partial charge in [-0.05, 0) is 60.2 Å². The number of rotatable bonds is 5. The summed E-state index contributed by atoms with van der Waals surface area (Å²) in [6.45, 7) is 0.868. The Labute approximate surface area is 179 Å². The van der Waals surface area contributed by atoms with Gasteiger partial charge in [0.15, 0.2) is 0 Å². The van der Waals surface area contributed by atoms with Crippen LogP contribution in [0, 0.1) is 0 Å². The second-order valence-electron chi connectivity index (χ2n) is 7.54. The molecule has 0 aromatic heterocycles. The number of hydrogen-bond acceptors (Lipinski definition) is 4. The molecule has 8 heteroatoms. The smallest absolute Gasteiger partial charge is 0.313 e. The molecule has 1 atom stereocenters. The van der Waals surface area contributed by atoms with E-state index in [2.05, 4.69) is 10.6 Å². The van der Waals surface area contributed by atoms with E-state index in [-0.39, 0.29) is 18.9 Å². The molecule has 0 saturated heterocycles. The molecular formula is C22H22ClN3O4. The summed E-state index contributed by atoms with van der Waals surface area (Å²) >= 11 is 5.91. The summed E-state index contributed by atoms with van der Waals surface area (Å²) in [6, 6.07) is 10.5. The SMILES string of the molecule is O=C(NCC[C@@H](O)c1cccc(Cl)c1)C(=O)Nc1cc2c3c(c1)CC(=O)N3CCC2. The van der Waals surface area contributed by atoms with Crippen LogP contribution in [0.4, 0.5) is 11.4 Å². The fourth-order valence-corrected chi connectivity index (χ4v) is 4.22. The lowest BCUT2D eigenvalue weighted by molar-refractivity contribution is -0.136. The number of anilines is 2. The van der Waals surface area contributed by atoms with Crippen molar-refractivity contribution in [1.82, 2.24) is 5.32 Å². The summed E-state index contributed by atoms with van der Waals surface area (Å²) in [5.74, 6) is -1.48. The van der Waals surface area contributed by atoms with E-state index in [1.165, 1.54) is 0 Å². The first-order valence-electron chi connectivity index (χ1n) is 9.91. The van der Waals surface area contributed by atoms with Gasteiger partial charge in [0.2, 0.25) is 5.91 Å². The summed E-state index contributed by atoms with van der Waals surface area (Å²) < 4.78 is 0. The van der Waals surface area contributed by atoms with Crippen LogP contribution in [0.3, 0.4) is 0 Å². The number of aliphatic hydroxyl groups is 1. The maximum atomic E-state index is 12.3. The summed E-state index contributed by atoms with van der Waals surface area (Å²) in [5.41, 5.74) is 4.03. The Balaban J connectivity index is 1.33. The van der Waals surface area contributed by atoms with Crippen LogP contribution in [-0.2, 0) is 27.2 Å². The van der Waals surface area contributed by atoms with Crippen molar-refractivity contribution in [3.8, 4) is 0 Å². The van der Waals surface area contributed by atoms with Crippen LogP contribution in [-0.4, -0.2) is 35.9 Å². The van der Waals surface area contributed by atoms with E-state index < -0.39 is 17.9 Å². The fourth-order valence-electron chi connectivity index (χ4n) is 4.02. The highest BCUT2D eigenvalue weighted by Crippen LogP contribution is 2.38. The zero-order valence-electron chi connectivity index (χ0n) is 16.3. The van der Waals surface area contributed by atoms with E-state index >= 15 is 0 Å². The first-order valence-corrected chi connectivity index (χ1v) is 10.3. The van der Waals surface area contributed by atoms with Gasteiger partial charge in [-0.25, -0.2) is 0 Å². The number of amides is 3. The molecule has 2 heterocycles. The maximum absolute atomic E-state index is 12.3. The van der Waals surface area contributed by atoms with Gasteiger partial charge in [-0.2, -0.15) is 0 Å². The van der Waals surface area contributed by atoms with Gasteiger partial charge in [0.05, 0.1) is 18.2 Å². The molecule has 3 amide bonds. The summed E-state index contributed by atoms with van der Waals surface area (Å²) in [5, 5.41) is 15.8. The predicted octanol–water partition coefficient (Wildman–Crippen LogP) is 2.35. The molecule has 0 radical (unpaired) electrons. The lowest BCUT2D eigenvalue weighted by Crippen LogP contribution is -2.36. The van der Waals surface area contributed by atoms with Crippen LogP contribution in [0.2, 0.25) is 5.02 Å². The molecule has 0 unspecified atom stereocenters. The van der Waals surface area contributed by atoms with Crippen LogP contribution < -0.4 is 15.5 Å². The molecule has 30 heavy (non-hydrogen) atoms. The topological polar surface area (TPSA) is 98.7 Å². The quantitative estimate of drug-likeness (QED) is 0.638. The van der Waals surface area contributed by atoms with Crippen LogP contribution in [0.25, 0.3) is 0 Å². The molecule has 0 bridgehead atoms. The largest absolute Gasteiger partial charge is 0.388 e. The average molecular weight is 428 g/mol. The normalized spacial score (nSPS) is 15.5. The van der Waals surface area contributed by atoms with Gasteiger partial charge >= 0.3 is 11.8 Å². The van der Waals surface area contributed by atoms with Crippen molar-refractivity contribution < 1.29 is 19.5 Å². The Morgan fingerprint density at radius 1 is 1.17 bits per heavy atom. The number of aliphatic hydroxyl groups excluding tert-OH is 1. The fraction of sp³-hybridized carbons (Fsp3) is 0.318. The highest BCUT2D eigenvalue weighted by atomic mass is 35.5. The molecule has 2 aliphatic rings.